The molecule has 1 aromatic carbocycles. The first-order valence-electron chi connectivity index (χ1n) is 8.50. The molecule has 2 N–H and O–H groups in total. The van der Waals surface area contributed by atoms with Gasteiger partial charge in [-0.05, 0) is 55.5 Å². The Morgan fingerprint density at radius 1 is 1.12 bits per heavy atom. The first-order chi connectivity index (χ1) is 11.7. The predicted octanol–water partition coefficient (Wildman–Crippen LogP) is 2.13. The summed E-state index contributed by atoms with van der Waals surface area (Å²) in [7, 11) is 0. The minimum atomic E-state index is -0.252. The monoisotopic (exact) mass is 326 g/mol. The van der Waals surface area contributed by atoms with Crippen LogP contribution in [-0.4, -0.2) is 18.2 Å². The maximum atomic E-state index is 12.4. The molecule has 24 heavy (non-hydrogen) atoms. The summed E-state index contributed by atoms with van der Waals surface area (Å²) in [5, 5.41) is 11.3. The molecule has 3 rings (SSSR count). The molecule has 4 nitrogen and oxygen atoms in total. The van der Waals surface area contributed by atoms with Crippen LogP contribution in [0.3, 0.4) is 0 Å². The van der Waals surface area contributed by atoms with Crippen LogP contribution in [0.1, 0.15) is 29.5 Å². The number of aromatic hydroxyl groups is 1. The first-order valence-corrected chi connectivity index (χ1v) is 8.50. The lowest BCUT2D eigenvalue weighted by atomic mass is 9.90. The fourth-order valence-corrected chi connectivity index (χ4v) is 3.61. The van der Waals surface area contributed by atoms with Crippen molar-refractivity contribution in [2.75, 3.05) is 13.1 Å². The van der Waals surface area contributed by atoms with Crippen molar-refractivity contribution in [1.82, 2.24) is 0 Å². The number of phenolic OH excluding ortho intramolecular Hbond substituents is 1. The van der Waals surface area contributed by atoms with Crippen LogP contribution in [0.25, 0.3) is 11.0 Å². The fraction of sp³-hybridized carbons (Fsp3) is 0.350. The van der Waals surface area contributed by atoms with E-state index in [4.69, 9.17) is 4.42 Å². The minimum Gasteiger partial charge on any atom is -0.507 e. The third-order valence-corrected chi connectivity index (χ3v) is 4.76. The molecule has 1 heterocycles. The highest BCUT2D eigenvalue weighted by Gasteiger charge is 2.22. The highest BCUT2D eigenvalue weighted by Crippen LogP contribution is 2.32. The zero-order chi connectivity index (χ0) is 17.1. The summed E-state index contributed by atoms with van der Waals surface area (Å²) in [6.45, 7) is 9.63. The van der Waals surface area contributed by atoms with Gasteiger partial charge in [0.1, 0.15) is 12.3 Å². The summed E-state index contributed by atoms with van der Waals surface area (Å²) in [5.41, 5.74) is 2.88. The molecule has 0 fully saturated rings. The second kappa shape index (κ2) is 7.05. The molecule has 0 unspecified atom stereocenters. The zero-order valence-electron chi connectivity index (χ0n) is 13.9. The number of phenols is 1. The van der Waals surface area contributed by atoms with Gasteiger partial charge < -0.3 is 14.4 Å². The molecule has 0 atom stereocenters. The van der Waals surface area contributed by atoms with Crippen LogP contribution >= 0.6 is 0 Å². The van der Waals surface area contributed by atoms with Crippen molar-refractivity contribution in [1.29, 1.82) is 0 Å². The van der Waals surface area contributed by atoms with Gasteiger partial charge in [0.2, 0.25) is 0 Å². The summed E-state index contributed by atoms with van der Waals surface area (Å²) >= 11 is 0. The second-order valence-corrected chi connectivity index (χ2v) is 6.41. The van der Waals surface area contributed by atoms with Crippen LogP contribution in [0.2, 0.25) is 0 Å². The quantitative estimate of drug-likeness (QED) is 0.632. The van der Waals surface area contributed by atoms with Crippen LogP contribution in [0.4, 0.5) is 0 Å². The average molecular weight is 326 g/mol. The largest absolute Gasteiger partial charge is 0.507 e. The summed E-state index contributed by atoms with van der Waals surface area (Å²) in [6, 6.07) is 3.59. The van der Waals surface area contributed by atoms with Crippen molar-refractivity contribution in [3.63, 3.8) is 0 Å². The third kappa shape index (κ3) is 3.02. The number of fused-ring (bicyclic) bond motifs is 3. The van der Waals surface area contributed by atoms with Gasteiger partial charge in [-0.15, -0.1) is 0 Å². The first kappa shape index (κ1) is 16.5. The van der Waals surface area contributed by atoms with Crippen molar-refractivity contribution in [2.45, 2.75) is 32.2 Å². The topological polar surface area (TPSA) is 54.9 Å². The molecule has 0 amide bonds. The molecule has 0 saturated carbocycles. The fourth-order valence-electron chi connectivity index (χ4n) is 3.61. The molecular weight excluding hydrogens is 302 g/mol. The summed E-state index contributed by atoms with van der Waals surface area (Å²) < 4.78 is 5.65. The Bertz CT molecular complexity index is 825. The maximum Gasteiger partial charge on any atom is 0.339 e. The van der Waals surface area contributed by atoms with Gasteiger partial charge in [0.15, 0.2) is 5.58 Å². The molecule has 1 aliphatic rings. The number of nitrogens with one attached hydrogen (secondary N) is 1. The number of hydrogen-bond donors (Lipinski definition) is 2. The SMILES string of the molecule is C=CC[NH+](CC=C)Cc1c(O)ccc2c3c(c(=O)oc12)CCCC3. The molecule has 126 valence electrons. The maximum absolute atomic E-state index is 12.4. The third-order valence-electron chi connectivity index (χ3n) is 4.76. The lowest BCUT2D eigenvalue weighted by molar-refractivity contribution is -0.902. The molecule has 2 aromatic rings. The van der Waals surface area contributed by atoms with Gasteiger partial charge in [-0.1, -0.05) is 13.2 Å². The predicted molar refractivity (Wildman–Crippen MR) is 95.6 cm³/mol. The van der Waals surface area contributed by atoms with Crippen molar-refractivity contribution < 1.29 is 14.4 Å². The molecule has 0 aliphatic heterocycles. The van der Waals surface area contributed by atoms with Crippen LogP contribution in [0, 0.1) is 0 Å². The molecular formula is C20H24NO3+. The van der Waals surface area contributed by atoms with Crippen molar-refractivity contribution in [3.05, 3.63) is 64.6 Å². The van der Waals surface area contributed by atoms with E-state index in [1.54, 1.807) is 6.07 Å². The van der Waals surface area contributed by atoms with E-state index in [-0.39, 0.29) is 11.4 Å². The van der Waals surface area contributed by atoms with Crippen molar-refractivity contribution in [2.24, 2.45) is 0 Å². The molecule has 1 aromatic heterocycles. The minimum absolute atomic E-state index is 0.173. The van der Waals surface area contributed by atoms with E-state index in [0.29, 0.717) is 17.7 Å². The van der Waals surface area contributed by atoms with Crippen molar-refractivity contribution >= 4 is 11.0 Å². The van der Waals surface area contributed by atoms with Gasteiger partial charge in [-0.3, -0.25) is 0 Å². The number of benzene rings is 1. The molecule has 0 saturated heterocycles. The van der Waals surface area contributed by atoms with Crippen LogP contribution in [-0.2, 0) is 19.4 Å². The standard InChI is InChI=1S/C20H23NO3/c1-3-11-21(12-4-2)13-17-18(22)10-9-15-14-7-5-6-8-16(14)20(23)24-19(15)17/h3-4,9-10,22H,1-2,5-8,11-13H2/p+1. The number of hydrogen-bond acceptors (Lipinski definition) is 3. The Morgan fingerprint density at radius 2 is 1.79 bits per heavy atom. The highest BCUT2D eigenvalue weighted by molar-refractivity contribution is 5.86. The Labute approximate surface area is 141 Å². The van der Waals surface area contributed by atoms with E-state index in [2.05, 4.69) is 13.2 Å². The van der Waals surface area contributed by atoms with Gasteiger partial charge >= 0.3 is 5.63 Å². The van der Waals surface area contributed by atoms with E-state index in [1.807, 2.05) is 18.2 Å². The Balaban J connectivity index is 2.15. The smallest absolute Gasteiger partial charge is 0.339 e. The van der Waals surface area contributed by atoms with Gasteiger partial charge in [0, 0.05) is 10.9 Å². The molecule has 0 spiro atoms. The van der Waals surface area contributed by atoms with Crippen LogP contribution in [0.15, 0.2) is 46.7 Å². The Morgan fingerprint density at radius 3 is 2.46 bits per heavy atom. The number of quaternary nitrogens is 1. The van der Waals surface area contributed by atoms with E-state index in [9.17, 15) is 9.90 Å². The van der Waals surface area contributed by atoms with Crippen LogP contribution in [0.5, 0.6) is 5.75 Å². The van der Waals surface area contributed by atoms with Crippen LogP contribution < -0.4 is 10.5 Å². The summed E-state index contributed by atoms with van der Waals surface area (Å²) in [4.78, 5) is 13.6. The number of rotatable bonds is 6. The number of aryl methyl sites for hydroxylation is 1. The summed E-state index contributed by atoms with van der Waals surface area (Å²) in [5.74, 6) is 0.173. The zero-order valence-corrected chi connectivity index (χ0v) is 13.9. The molecule has 0 radical (unpaired) electrons. The summed E-state index contributed by atoms with van der Waals surface area (Å²) in [6.07, 6.45) is 7.50. The van der Waals surface area contributed by atoms with Gasteiger partial charge in [-0.25, -0.2) is 4.79 Å². The van der Waals surface area contributed by atoms with E-state index in [1.165, 1.54) is 4.90 Å². The van der Waals surface area contributed by atoms with E-state index < -0.39 is 0 Å². The van der Waals surface area contributed by atoms with Gasteiger partial charge in [0.05, 0.1) is 18.7 Å². The van der Waals surface area contributed by atoms with Crippen molar-refractivity contribution in [3.8, 4) is 5.75 Å². The Hall–Kier alpha value is -2.33. The molecule has 1 aliphatic carbocycles. The lowest BCUT2D eigenvalue weighted by Gasteiger charge is -2.20. The van der Waals surface area contributed by atoms with Gasteiger partial charge in [-0.2, -0.15) is 0 Å². The average Bonchev–Trinajstić information content (AvgIpc) is 2.58. The molecule has 4 heteroatoms. The normalized spacial score (nSPS) is 13.9. The lowest BCUT2D eigenvalue weighted by Crippen LogP contribution is -3.10. The highest BCUT2D eigenvalue weighted by atomic mass is 16.4. The second-order valence-electron chi connectivity index (χ2n) is 6.41. The Kier molecular flexibility index (Phi) is 4.86. The van der Waals surface area contributed by atoms with E-state index >= 15 is 0 Å². The molecule has 0 bridgehead atoms. The van der Waals surface area contributed by atoms with E-state index in [0.717, 1.165) is 55.3 Å². The van der Waals surface area contributed by atoms with Gasteiger partial charge in [0.25, 0.3) is 0 Å².